The van der Waals surface area contributed by atoms with E-state index in [1.54, 1.807) is 0 Å². The Hall–Kier alpha value is -0.280. The van der Waals surface area contributed by atoms with Crippen molar-refractivity contribution in [1.82, 2.24) is 0 Å². The van der Waals surface area contributed by atoms with E-state index in [4.69, 9.17) is 9.90 Å². The van der Waals surface area contributed by atoms with Crippen molar-refractivity contribution in [3.63, 3.8) is 0 Å². The molecule has 0 aliphatic rings. The van der Waals surface area contributed by atoms with E-state index in [-0.39, 0.29) is 12.4 Å². The summed E-state index contributed by atoms with van der Waals surface area (Å²) in [6.07, 6.45) is 0. The smallest absolute Gasteiger partial charge is 0.300 e. The van der Waals surface area contributed by atoms with Gasteiger partial charge in [-0.05, 0) is 7.05 Å². The number of aliphatic carboxylic acids is 1. The Morgan fingerprint density at radius 1 is 1.57 bits per heavy atom. The number of halogens is 1. The van der Waals surface area contributed by atoms with Crippen LogP contribution < -0.4 is 5.73 Å². The predicted octanol–water partition coefficient (Wildman–Crippen LogP) is 0.0876. The first-order valence-corrected chi connectivity index (χ1v) is 1.51. The summed E-state index contributed by atoms with van der Waals surface area (Å²) >= 11 is 0. The molecular formula is C3H10ClNO2. The third-order valence-electron chi connectivity index (χ3n) is 0. The van der Waals surface area contributed by atoms with E-state index in [0.717, 1.165) is 6.92 Å². The molecule has 0 amide bonds. The topological polar surface area (TPSA) is 63.3 Å². The SMILES string of the molecule is CC(=O)O.CN.Cl. The zero-order valence-electron chi connectivity index (χ0n) is 4.34. The first kappa shape index (κ1) is 15.9. The fraction of sp³-hybridized carbons (Fsp3) is 0.667. The quantitative estimate of drug-likeness (QED) is 0.485. The molecule has 7 heavy (non-hydrogen) atoms. The van der Waals surface area contributed by atoms with Crippen LogP contribution >= 0.6 is 12.4 Å². The third kappa shape index (κ3) is 1010. The first-order valence-electron chi connectivity index (χ1n) is 1.51. The lowest BCUT2D eigenvalue weighted by atomic mass is 10.9. The molecule has 0 radical (unpaired) electrons. The summed E-state index contributed by atoms with van der Waals surface area (Å²) in [6, 6.07) is 0. The Morgan fingerprint density at radius 3 is 1.57 bits per heavy atom. The number of hydrogen-bond acceptors (Lipinski definition) is 2. The molecule has 0 aromatic heterocycles. The summed E-state index contributed by atoms with van der Waals surface area (Å²) in [4.78, 5) is 9.00. The Bertz CT molecular complexity index is 35.9. The Labute approximate surface area is 48.9 Å². The normalized spacial score (nSPS) is 4.43. The molecule has 0 rings (SSSR count). The minimum atomic E-state index is -0.833. The molecule has 0 spiro atoms. The highest BCUT2D eigenvalue weighted by atomic mass is 35.5. The molecule has 3 nitrogen and oxygen atoms in total. The summed E-state index contributed by atoms with van der Waals surface area (Å²) in [5, 5.41) is 7.42. The molecule has 0 saturated carbocycles. The second-order valence-corrected chi connectivity index (χ2v) is 0.519. The molecule has 0 fully saturated rings. The number of nitrogens with two attached hydrogens (primary N) is 1. The minimum Gasteiger partial charge on any atom is -0.481 e. The molecule has 4 heteroatoms. The van der Waals surface area contributed by atoms with Crippen molar-refractivity contribution >= 4 is 18.4 Å². The number of carboxylic acids is 1. The minimum absolute atomic E-state index is 0. The highest BCUT2D eigenvalue weighted by Gasteiger charge is 1.65. The predicted molar refractivity (Wildman–Crippen MR) is 30.7 cm³/mol. The van der Waals surface area contributed by atoms with Gasteiger partial charge in [0.05, 0.1) is 0 Å². The number of carboxylic acid groups (broad SMARTS) is 1. The lowest BCUT2D eigenvalue weighted by Gasteiger charge is -1.59. The van der Waals surface area contributed by atoms with Gasteiger partial charge in [-0.1, -0.05) is 0 Å². The molecule has 0 aromatic rings. The van der Waals surface area contributed by atoms with E-state index in [1.807, 2.05) is 0 Å². The van der Waals surface area contributed by atoms with Crippen LogP contribution in [0.5, 0.6) is 0 Å². The van der Waals surface area contributed by atoms with Crippen molar-refractivity contribution in [3.05, 3.63) is 0 Å². The van der Waals surface area contributed by atoms with Crippen LogP contribution in [-0.4, -0.2) is 18.1 Å². The van der Waals surface area contributed by atoms with Crippen LogP contribution in [0, 0.1) is 0 Å². The standard InChI is InChI=1S/C2H4O2.CH5N.ClH/c1-2(3)4;1-2;/h1H3,(H,3,4);2H2,1H3;1H. The molecular weight excluding hydrogens is 117 g/mol. The average Bonchev–Trinajstić information content (AvgIpc) is 1.41. The van der Waals surface area contributed by atoms with Gasteiger partial charge in [0.25, 0.3) is 5.97 Å². The van der Waals surface area contributed by atoms with Crippen LogP contribution in [0.2, 0.25) is 0 Å². The lowest BCUT2D eigenvalue weighted by Crippen LogP contribution is -1.78. The maximum absolute atomic E-state index is 9.00. The van der Waals surface area contributed by atoms with Gasteiger partial charge in [0.1, 0.15) is 0 Å². The van der Waals surface area contributed by atoms with Crippen molar-refractivity contribution in [2.75, 3.05) is 7.05 Å². The van der Waals surface area contributed by atoms with Gasteiger partial charge in [-0.15, -0.1) is 12.4 Å². The van der Waals surface area contributed by atoms with E-state index in [0.29, 0.717) is 0 Å². The fourth-order valence-electron chi connectivity index (χ4n) is 0. The van der Waals surface area contributed by atoms with Crippen molar-refractivity contribution in [2.45, 2.75) is 6.92 Å². The van der Waals surface area contributed by atoms with Gasteiger partial charge in [-0.2, -0.15) is 0 Å². The number of carbonyl (C=O) groups is 1. The molecule has 0 unspecified atom stereocenters. The monoisotopic (exact) mass is 127 g/mol. The number of rotatable bonds is 0. The van der Waals surface area contributed by atoms with Gasteiger partial charge < -0.3 is 10.8 Å². The van der Waals surface area contributed by atoms with Crippen LogP contribution in [0.1, 0.15) is 6.92 Å². The molecule has 0 aromatic carbocycles. The zero-order chi connectivity index (χ0) is 5.58. The molecule has 0 saturated heterocycles. The van der Waals surface area contributed by atoms with Crippen molar-refractivity contribution < 1.29 is 9.90 Å². The van der Waals surface area contributed by atoms with Crippen LogP contribution in [-0.2, 0) is 4.79 Å². The fourth-order valence-corrected chi connectivity index (χ4v) is 0. The highest BCUT2D eigenvalue weighted by Crippen LogP contribution is 1.42. The summed E-state index contributed by atoms with van der Waals surface area (Å²) < 4.78 is 0. The second kappa shape index (κ2) is 17.2. The third-order valence-corrected chi connectivity index (χ3v) is 0. The summed E-state index contributed by atoms with van der Waals surface area (Å²) in [7, 11) is 1.50. The van der Waals surface area contributed by atoms with Crippen molar-refractivity contribution in [1.29, 1.82) is 0 Å². The van der Waals surface area contributed by atoms with Crippen LogP contribution in [0.15, 0.2) is 0 Å². The van der Waals surface area contributed by atoms with Gasteiger partial charge in [0.2, 0.25) is 0 Å². The van der Waals surface area contributed by atoms with E-state index >= 15 is 0 Å². The van der Waals surface area contributed by atoms with E-state index in [9.17, 15) is 0 Å². The van der Waals surface area contributed by atoms with Gasteiger partial charge in [0.15, 0.2) is 0 Å². The Balaban J connectivity index is -0.0000000480. The first-order chi connectivity index (χ1) is 2.73. The summed E-state index contributed by atoms with van der Waals surface area (Å²) in [5.41, 5.74) is 4.50. The van der Waals surface area contributed by atoms with Gasteiger partial charge in [-0.25, -0.2) is 0 Å². The molecule has 0 atom stereocenters. The average molecular weight is 128 g/mol. The molecule has 0 heterocycles. The molecule has 3 N–H and O–H groups in total. The Kier molecular flexibility index (Phi) is 39.1. The maximum Gasteiger partial charge on any atom is 0.300 e. The zero-order valence-corrected chi connectivity index (χ0v) is 5.16. The van der Waals surface area contributed by atoms with E-state index in [1.165, 1.54) is 7.05 Å². The van der Waals surface area contributed by atoms with Crippen molar-refractivity contribution in [3.8, 4) is 0 Å². The number of hydrogen-bond donors (Lipinski definition) is 2. The van der Waals surface area contributed by atoms with E-state index in [2.05, 4.69) is 5.73 Å². The van der Waals surface area contributed by atoms with Gasteiger partial charge in [0, 0.05) is 6.92 Å². The van der Waals surface area contributed by atoms with E-state index < -0.39 is 5.97 Å². The molecule has 0 aliphatic heterocycles. The summed E-state index contributed by atoms with van der Waals surface area (Å²) in [6.45, 7) is 1.08. The molecule has 0 aliphatic carbocycles. The largest absolute Gasteiger partial charge is 0.481 e. The van der Waals surface area contributed by atoms with Crippen LogP contribution in [0.4, 0.5) is 0 Å². The van der Waals surface area contributed by atoms with Gasteiger partial charge in [-0.3, -0.25) is 4.79 Å². The van der Waals surface area contributed by atoms with Crippen LogP contribution in [0.3, 0.4) is 0 Å². The lowest BCUT2D eigenvalue weighted by molar-refractivity contribution is -0.134. The highest BCUT2D eigenvalue weighted by molar-refractivity contribution is 5.85. The maximum atomic E-state index is 9.00. The summed E-state index contributed by atoms with van der Waals surface area (Å²) in [5.74, 6) is -0.833. The molecule has 46 valence electrons. The van der Waals surface area contributed by atoms with Crippen molar-refractivity contribution in [2.24, 2.45) is 5.73 Å². The molecule has 0 bridgehead atoms. The van der Waals surface area contributed by atoms with Crippen LogP contribution in [0.25, 0.3) is 0 Å². The second-order valence-electron chi connectivity index (χ2n) is 0.519. The van der Waals surface area contributed by atoms with Gasteiger partial charge >= 0.3 is 0 Å². The Morgan fingerprint density at radius 2 is 1.57 bits per heavy atom.